The highest BCUT2D eigenvalue weighted by atomic mass is 32.2. The molecule has 2 N–H and O–H groups in total. The Balaban J connectivity index is 1.78. The number of amides is 1. The minimum absolute atomic E-state index is 0.0369. The molecule has 2 aliphatic carbocycles. The first-order chi connectivity index (χ1) is 15.0. The Hall–Kier alpha value is -2.20. The van der Waals surface area contributed by atoms with Crippen LogP contribution in [0.4, 0.5) is 5.69 Å². The summed E-state index contributed by atoms with van der Waals surface area (Å²) in [5.74, 6) is 1.10. The van der Waals surface area contributed by atoms with Crippen molar-refractivity contribution in [1.82, 2.24) is 10.0 Å². The summed E-state index contributed by atoms with van der Waals surface area (Å²) in [7, 11) is -2.92. The topological polar surface area (TPSA) is 128 Å². The van der Waals surface area contributed by atoms with Crippen LogP contribution in [0.5, 0.6) is 5.75 Å². The number of carbonyl (C=O) groups is 1. The lowest BCUT2D eigenvalue weighted by Gasteiger charge is -2.46. The molecule has 4 atom stereocenters. The lowest BCUT2D eigenvalue weighted by molar-refractivity contribution is -0.386. The Morgan fingerprint density at radius 1 is 1.28 bits per heavy atom. The van der Waals surface area contributed by atoms with E-state index >= 15 is 0 Å². The summed E-state index contributed by atoms with van der Waals surface area (Å²) in [6.45, 7) is 5.14. The van der Waals surface area contributed by atoms with Gasteiger partial charge in [-0.15, -0.1) is 0 Å². The van der Waals surface area contributed by atoms with Crippen molar-refractivity contribution < 1.29 is 22.9 Å². The average Bonchev–Trinajstić information content (AvgIpc) is 2.74. The number of carbonyl (C=O) groups excluding carboxylic acids is 1. The monoisotopic (exact) mass is 467 g/mol. The second-order valence-electron chi connectivity index (χ2n) is 9.52. The summed E-state index contributed by atoms with van der Waals surface area (Å²) in [5.41, 5.74) is -1.89. The molecule has 3 rings (SSSR count). The number of fused-ring (bicyclic) bond motifs is 2. The van der Waals surface area contributed by atoms with E-state index in [1.54, 1.807) is 0 Å². The van der Waals surface area contributed by atoms with E-state index in [0.717, 1.165) is 37.7 Å². The predicted molar refractivity (Wildman–Crippen MR) is 120 cm³/mol. The molecule has 2 saturated carbocycles. The molecule has 0 saturated heterocycles. The van der Waals surface area contributed by atoms with E-state index in [-0.39, 0.29) is 16.7 Å². The van der Waals surface area contributed by atoms with Gasteiger partial charge in [0.15, 0.2) is 5.75 Å². The first-order valence-corrected chi connectivity index (χ1v) is 12.6. The van der Waals surface area contributed by atoms with Gasteiger partial charge in [0.2, 0.25) is 15.9 Å². The van der Waals surface area contributed by atoms with E-state index in [0.29, 0.717) is 11.8 Å². The molecule has 1 aromatic rings. The summed E-state index contributed by atoms with van der Waals surface area (Å²) in [6, 6.07) is 3.42. The standard InChI is InChI=1S/C22H33N3O6S/c1-5-15-11-14-7-6-8-16(12-14)20(15)23-21(26)22(2,3)24-32(29,30)17-9-10-19(31-4)18(13-17)25(27)28/h9-10,13-16,20,24H,5-8,11-12H2,1-4H3,(H,23,26). The van der Waals surface area contributed by atoms with Crippen LogP contribution in [0.1, 0.15) is 59.3 Å². The largest absolute Gasteiger partial charge is 0.490 e. The van der Waals surface area contributed by atoms with Gasteiger partial charge in [0.05, 0.1) is 16.9 Å². The number of nitro groups is 1. The van der Waals surface area contributed by atoms with Gasteiger partial charge in [-0.1, -0.05) is 26.2 Å². The Labute approximate surface area is 189 Å². The third kappa shape index (κ3) is 5.06. The Morgan fingerprint density at radius 3 is 2.62 bits per heavy atom. The predicted octanol–water partition coefficient (Wildman–Crippen LogP) is 3.38. The highest BCUT2D eigenvalue weighted by Gasteiger charge is 2.42. The number of nitrogens with one attached hydrogen (secondary N) is 2. The fraction of sp³-hybridized carbons (Fsp3) is 0.682. The van der Waals surface area contributed by atoms with Crippen LogP contribution >= 0.6 is 0 Å². The normalized spacial score (nSPS) is 25.8. The van der Waals surface area contributed by atoms with Crippen LogP contribution in [0.25, 0.3) is 0 Å². The fourth-order valence-electron chi connectivity index (χ4n) is 5.24. The zero-order valence-corrected chi connectivity index (χ0v) is 19.9. The SMILES string of the molecule is CCC1CC2CCCC(C2)C1NC(=O)C(C)(C)NS(=O)(=O)c1ccc(OC)c([N+](=O)[O-])c1. The number of rotatable bonds is 8. The molecule has 1 amide bonds. The van der Waals surface area contributed by atoms with E-state index < -0.39 is 32.1 Å². The molecule has 10 heteroatoms. The van der Waals surface area contributed by atoms with Crippen LogP contribution < -0.4 is 14.8 Å². The zero-order chi connectivity index (χ0) is 23.7. The van der Waals surface area contributed by atoms with E-state index in [1.165, 1.54) is 45.9 Å². The quantitative estimate of drug-likeness (QED) is 0.446. The van der Waals surface area contributed by atoms with E-state index in [2.05, 4.69) is 17.0 Å². The number of hydrogen-bond donors (Lipinski definition) is 2. The van der Waals surface area contributed by atoms with Crippen LogP contribution in [0, 0.1) is 27.9 Å². The Bertz CT molecular complexity index is 976. The number of benzene rings is 1. The van der Waals surface area contributed by atoms with Crippen molar-refractivity contribution in [2.75, 3.05) is 7.11 Å². The lowest BCUT2D eigenvalue weighted by Crippen LogP contribution is -2.60. The summed E-state index contributed by atoms with van der Waals surface area (Å²) in [6.07, 6.45) is 6.69. The average molecular weight is 468 g/mol. The maximum Gasteiger partial charge on any atom is 0.312 e. The van der Waals surface area contributed by atoms with Crippen molar-refractivity contribution >= 4 is 21.6 Å². The molecule has 0 radical (unpaired) electrons. The second-order valence-corrected chi connectivity index (χ2v) is 11.2. The van der Waals surface area contributed by atoms with Crippen LogP contribution in [-0.4, -0.2) is 37.9 Å². The first kappa shape index (κ1) is 24.4. The van der Waals surface area contributed by atoms with Crippen molar-refractivity contribution in [2.45, 2.75) is 75.8 Å². The van der Waals surface area contributed by atoms with Gasteiger partial charge in [-0.25, -0.2) is 8.42 Å². The van der Waals surface area contributed by atoms with Gasteiger partial charge in [0.1, 0.15) is 5.54 Å². The van der Waals surface area contributed by atoms with Crippen LogP contribution in [0.3, 0.4) is 0 Å². The molecule has 4 unspecified atom stereocenters. The van der Waals surface area contributed by atoms with Gasteiger partial charge in [-0.05, 0) is 63.0 Å². The van der Waals surface area contributed by atoms with Crippen molar-refractivity contribution in [3.63, 3.8) is 0 Å². The summed E-state index contributed by atoms with van der Waals surface area (Å²) in [4.78, 5) is 23.4. The second kappa shape index (κ2) is 9.35. The summed E-state index contributed by atoms with van der Waals surface area (Å²) < 4.78 is 33.3. The number of nitro benzene ring substituents is 1. The lowest BCUT2D eigenvalue weighted by atomic mass is 9.64. The van der Waals surface area contributed by atoms with Crippen LogP contribution in [0.2, 0.25) is 0 Å². The first-order valence-electron chi connectivity index (χ1n) is 11.2. The molecule has 1 aromatic carbocycles. The summed E-state index contributed by atoms with van der Waals surface area (Å²) in [5, 5.41) is 14.4. The van der Waals surface area contributed by atoms with Gasteiger partial charge >= 0.3 is 5.69 Å². The van der Waals surface area contributed by atoms with Crippen molar-refractivity contribution in [3.8, 4) is 5.75 Å². The third-order valence-electron chi connectivity index (χ3n) is 6.91. The van der Waals surface area contributed by atoms with Gasteiger partial charge in [-0.3, -0.25) is 14.9 Å². The van der Waals surface area contributed by atoms with E-state index in [4.69, 9.17) is 4.74 Å². The van der Waals surface area contributed by atoms with Crippen LogP contribution in [0.15, 0.2) is 23.1 Å². The molecule has 0 aliphatic heterocycles. The molecule has 0 aromatic heterocycles. The zero-order valence-electron chi connectivity index (χ0n) is 19.1. The van der Waals surface area contributed by atoms with Crippen LogP contribution in [-0.2, 0) is 14.8 Å². The molecule has 2 bridgehead atoms. The minimum atomic E-state index is -4.19. The van der Waals surface area contributed by atoms with Gasteiger partial charge in [0, 0.05) is 12.1 Å². The molecule has 2 fully saturated rings. The number of hydrogen-bond acceptors (Lipinski definition) is 6. The number of nitrogens with zero attached hydrogens (tertiary/aromatic N) is 1. The molecular formula is C22H33N3O6S. The highest BCUT2D eigenvalue weighted by Crippen LogP contribution is 2.44. The molecular weight excluding hydrogens is 434 g/mol. The molecule has 9 nitrogen and oxygen atoms in total. The maximum atomic E-state index is 13.2. The number of sulfonamides is 1. The molecule has 0 heterocycles. The third-order valence-corrected chi connectivity index (χ3v) is 8.57. The van der Waals surface area contributed by atoms with Crippen molar-refractivity contribution in [1.29, 1.82) is 0 Å². The fourth-order valence-corrected chi connectivity index (χ4v) is 6.64. The Morgan fingerprint density at radius 2 is 2.00 bits per heavy atom. The maximum absolute atomic E-state index is 13.2. The van der Waals surface area contributed by atoms with Gasteiger partial charge in [-0.2, -0.15) is 4.72 Å². The number of methoxy groups -OCH3 is 1. The van der Waals surface area contributed by atoms with E-state index in [1.807, 2.05) is 0 Å². The molecule has 32 heavy (non-hydrogen) atoms. The molecule has 0 spiro atoms. The van der Waals surface area contributed by atoms with Crippen molar-refractivity contribution in [3.05, 3.63) is 28.3 Å². The van der Waals surface area contributed by atoms with Crippen molar-refractivity contribution in [2.24, 2.45) is 17.8 Å². The smallest absolute Gasteiger partial charge is 0.312 e. The molecule has 178 valence electrons. The van der Waals surface area contributed by atoms with E-state index in [9.17, 15) is 23.3 Å². The Kier molecular flexibility index (Phi) is 7.14. The number of ether oxygens (including phenoxy) is 1. The molecule has 2 aliphatic rings. The summed E-state index contributed by atoms with van der Waals surface area (Å²) >= 11 is 0. The minimum Gasteiger partial charge on any atom is -0.490 e. The van der Waals surface area contributed by atoms with Gasteiger partial charge < -0.3 is 10.1 Å². The van der Waals surface area contributed by atoms with Gasteiger partial charge in [0.25, 0.3) is 0 Å². The highest BCUT2D eigenvalue weighted by molar-refractivity contribution is 7.89.